The number of likely N-dealkylation sites (tertiary alicyclic amines) is 1. The van der Waals surface area contributed by atoms with E-state index in [0.717, 1.165) is 67.9 Å². The van der Waals surface area contributed by atoms with Gasteiger partial charge < -0.3 is 14.9 Å². The molecule has 0 aromatic heterocycles. The first-order chi connectivity index (χ1) is 28.1. The molecule has 4 aromatic rings. The molecule has 1 aliphatic carbocycles. The Bertz CT molecular complexity index is 2340. The van der Waals surface area contributed by atoms with Crippen LogP contribution in [0.4, 0.5) is 5.69 Å². The van der Waals surface area contributed by atoms with Crippen LogP contribution in [0, 0.1) is 5.41 Å². The van der Waals surface area contributed by atoms with E-state index in [4.69, 9.17) is 0 Å². The predicted octanol–water partition coefficient (Wildman–Crippen LogP) is 5.14. The number of amides is 5. The molecule has 3 atom stereocenters. The van der Waals surface area contributed by atoms with Gasteiger partial charge in [0.05, 0.1) is 17.7 Å². The first kappa shape index (κ1) is 36.5. The summed E-state index contributed by atoms with van der Waals surface area (Å²) in [4.78, 5) is 72.0. The van der Waals surface area contributed by atoms with E-state index in [0.29, 0.717) is 43.3 Å². The van der Waals surface area contributed by atoms with E-state index < -0.39 is 29.7 Å². The molecule has 0 saturated carbocycles. The smallest absolute Gasteiger partial charge is 0.262 e. The number of piperidine rings is 2. The lowest BCUT2D eigenvalue weighted by atomic mass is 9.69. The lowest BCUT2D eigenvalue weighted by molar-refractivity contribution is -0.146. The molecule has 0 unspecified atom stereocenters. The number of aryl methyl sites for hydroxylation is 1. The van der Waals surface area contributed by atoms with Crippen molar-refractivity contribution < 1.29 is 29.1 Å². The molecule has 1 spiro atoms. The van der Waals surface area contributed by atoms with Crippen molar-refractivity contribution in [1.82, 2.24) is 20.0 Å². The summed E-state index contributed by atoms with van der Waals surface area (Å²) >= 11 is 0. The summed E-state index contributed by atoms with van der Waals surface area (Å²) < 4.78 is 0. The standard InChI is InChI=1S/C47H47N5O6/c53-35-11-13-37-32(22-35)8-12-36(29-4-2-1-3-5-29)43(37)30-6-9-34(10-7-30)50-20-17-47(18-21-50)27-51(28-47)42(55)26-49-19-16-31-23-38-39(24-33(31)25-49)46(58)52(45(38)57)40-14-15-41(54)48-44(40)56/h1-7,9-11,13,22-24,36,40,43,53H,8,12,14-21,25-28H2,(H,48,54,56)/t36-,40-,43+/m1/s1. The minimum atomic E-state index is -0.993. The SMILES string of the molecule is O=C1CC[C@@H](N2C(=O)c3cc4c(cc3C2=O)CN(CC(=O)N2CC3(CCN(c5ccc([C@@H]6c7ccc(O)cc7CC[C@@H]6c6ccccc6)cc5)CC3)C2)CC4)C(=O)N1. The highest BCUT2D eigenvalue weighted by molar-refractivity contribution is 6.23. The fraction of sp³-hybridized carbons (Fsp3) is 0.383. The summed E-state index contributed by atoms with van der Waals surface area (Å²) in [5, 5.41) is 12.5. The maximum absolute atomic E-state index is 13.5. The summed E-state index contributed by atoms with van der Waals surface area (Å²) in [5.74, 6) is -0.986. The number of carbonyl (C=O) groups excluding carboxylic acids is 5. The van der Waals surface area contributed by atoms with Crippen molar-refractivity contribution in [2.75, 3.05) is 44.2 Å². The van der Waals surface area contributed by atoms with Crippen LogP contribution in [0.1, 0.15) is 98.0 Å². The second kappa shape index (κ2) is 14.2. The maximum atomic E-state index is 13.5. The van der Waals surface area contributed by atoms with Gasteiger partial charge >= 0.3 is 0 Å². The van der Waals surface area contributed by atoms with Crippen LogP contribution in [0.25, 0.3) is 0 Å². The summed E-state index contributed by atoms with van der Waals surface area (Å²) in [6, 6.07) is 28.4. The van der Waals surface area contributed by atoms with Crippen molar-refractivity contribution >= 4 is 35.2 Å². The first-order valence-corrected chi connectivity index (χ1v) is 20.7. The van der Waals surface area contributed by atoms with Gasteiger partial charge in [0.2, 0.25) is 17.7 Å². The zero-order chi connectivity index (χ0) is 39.7. The highest BCUT2D eigenvalue weighted by Crippen LogP contribution is 2.48. The molecule has 0 radical (unpaired) electrons. The van der Waals surface area contributed by atoms with Crippen molar-refractivity contribution in [1.29, 1.82) is 0 Å². The lowest BCUT2D eigenvalue weighted by Crippen LogP contribution is -2.63. The van der Waals surface area contributed by atoms with Crippen molar-refractivity contribution in [3.05, 3.63) is 129 Å². The second-order valence-corrected chi connectivity index (χ2v) is 17.3. The highest BCUT2D eigenvalue weighted by atomic mass is 16.3. The van der Waals surface area contributed by atoms with Gasteiger partial charge in [-0.2, -0.15) is 0 Å². The monoisotopic (exact) mass is 777 g/mol. The number of nitrogens with zero attached hydrogens (tertiary/aromatic N) is 4. The van der Waals surface area contributed by atoms with Crippen LogP contribution in [0.3, 0.4) is 0 Å². The lowest BCUT2D eigenvalue weighted by Gasteiger charge is -2.54. The normalized spacial score (nSPS) is 23.9. The molecule has 58 heavy (non-hydrogen) atoms. The molecular formula is C47H47N5O6. The van der Waals surface area contributed by atoms with E-state index in [-0.39, 0.29) is 35.6 Å². The average molecular weight is 778 g/mol. The van der Waals surface area contributed by atoms with Gasteiger partial charge in [-0.1, -0.05) is 48.5 Å². The van der Waals surface area contributed by atoms with E-state index in [1.54, 1.807) is 12.1 Å². The Morgan fingerprint density at radius 3 is 2.19 bits per heavy atom. The summed E-state index contributed by atoms with van der Waals surface area (Å²) in [7, 11) is 0. The highest BCUT2D eigenvalue weighted by Gasteiger charge is 2.48. The third kappa shape index (κ3) is 6.36. The summed E-state index contributed by atoms with van der Waals surface area (Å²) in [6.45, 7) is 4.95. The summed E-state index contributed by atoms with van der Waals surface area (Å²) in [6.07, 6.45) is 4.93. The first-order valence-electron chi connectivity index (χ1n) is 20.7. The topological polar surface area (TPSA) is 131 Å². The molecule has 5 heterocycles. The molecule has 5 aliphatic heterocycles. The van der Waals surface area contributed by atoms with Crippen LogP contribution < -0.4 is 10.2 Å². The van der Waals surface area contributed by atoms with Gasteiger partial charge in [0.1, 0.15) is 11.8 Å². The number of phenolic OH excluding ortho intramolecular Hbond substituents is 1. The predicted molar refractivity (Wildman–Crippen MR) is 216 cm³/mol. The Kier molecular flexibility index (Phi) is 8.96. The van der Waals surface area contributed by atoms with Crippen molar-refractivity contribution in [2.24, 2.45) is 5.41 Å². The number of aromatic hydroxyl groups is 1. The van der Waals surface area contributed by atoms with E-state index >= 15 is 0 Å². The van der Waals surface area contributed by atoms with Gasteiger partial charge in [-0.25, -0.2) is 0 Å². The number of hydrogen-bond acceptors (Lipinski definition) is 8. The Labute approximate surface area is 337 Å². The van der Waals surface area contributed by atoms with Gasteiger partial charge in [0, 0.05) is 62.7 Å². The third-order valence-electron chi connectivity index (χ3n) is 13.9. The molecule has 3 fully saturated rings. The average Bonchev–Trinajstić information content (AvgIpc) is 3.46. The molecule has 3 saturated heterocycles. The van der Waals surface area contributed by atoms with Crippen LogP contribution in [0.15, 0.2) is 84.9 Å². The van der Waals surface area contributed by atoms with Crippen LogP contribution in [0.2, 0.25) is 0 Å². The molecule has 6 aliphatic rings. The molecule has 5 amide bonds. The van der Waals surface area contributed by atoms with Gasteiger partial charge in [0.25, 0.3) is 11.8 Å². The Morgan fingerprint density at radius 2 is 1.47 bits per heavy atom. The molecule has 11 nitrogen and oxygen atoms in total. The second-order valence-electron chi connectivity index (χ2n) is 17.3. The number of phenols is 1. The van der Waals surface area contributed by atoms with Crippen LogP contribution in [0.5, 0.6) is 5.75 Å². The number of hydrogen-bond donors (Lipinski definition) is 2. The fourth-order valence-corrected chi connectivity index (χ4v) is 10.7. The van der Waals surface area contributed by atoms with E-state index in [1.807, 2.05) is 17.0 Å². The number of carbonyl (C=O) groups is 5. The van der Waals surface area contributed by atoms with Crippen molar-refractivity contribution in [3.63, 3.8) is 0 Å². The Hall–Kier alpha value is -5.81. The van der Waals surface area contributed by atoms with Gasteiger partial charge in [-0.05, 0) is 114 Å². The number of fused-ring (bicyclic) bond motifs is 3. The fourth-order valence-electron chi connectivity index (χ4n) is 10.7. The maximum Gasteiger partial charge on any atom is 0.262 e. The zero-order valence-electron chi connectivity index (χ0n) is 32.5. The molecule has 10 rings (SSSR count). The van der Waals surface area contributed by atoms with E-state index in [1.165, 1.54) is 27.9 Å². The van der Waals surface area contributed by atoms with Crippen molar-refractivity contribution in [2.45, 2.75) is 69.4 Å². The van der Waals surface area contributed by atoms with Crippen LogP contribution in [-0.2, 0) is 33.8 Å². The molecule has 11 heteroatoms. The molecule has 0 bridgehead atoms. The number of benzene rings is 4. The third-order valence-corrected chi connectivity index (χ3v) is 13.9. The van der Waals surface area contributed by atoms with Gasteiger partial charge in [-0.15, -0.1) is 0 Å². The molecular weight excluding hydrogens is 731 g/mol. The van der Waals surface area contributed by atoms with Gasteiger partial charge in [0.15, 0.2) is 0 Å². The van der Waals surface area contributed by atoms with E-state index in [2.05, 4.69) is 75.8 Å². The minimum absolute atomic E-state index is 0.0796. The molecule has 4 aromatic carbocycles. The summed E-state index contributed by atoms with van der Waals surface area (Å²) in [5.41, 5.74) is 9.06. The van der Waals surface area contributed by atoms with Gasteiger partial charge in [-0.3, -0.25) is 39.1 Å². The molecule has 296 valence electrons. The number of anilines is 1. The number of nitrogens with one attached hydrogen (secondary N) is 1. The van der Waals surface area contributed by atoms with Crippen LogP contribution in [-0.4, -0.2) is 94.7 Å². The van der Waals surface area contributed by atoms with E-state index in [9.17, 15) is 29.1 Å². The van der Waals surface area contributed by atoms with Crippen molar-refractivity contribution in [3.8, 4) is 5.75 Å². The largest absolute Gasteiger partial charge is 0.508 e. The molecule has 2 N–H and O–H groups in total. The van der Waals surface area contributed by atoms with Crippen LogP contribution >= 0.6 is 0 Å². The minimum Gasteiger partial charge on any atom is -0.508 e. The quantitative estimate of drug-likeness (QED) is 0.258. The number of imide groups is 2. The zero-order valence-corrected chi connectivity index (χ0v) is 32.5. The number of rotatable bonds is 6. The Morgan fingerprint density at radius 1 is 0.741 bits per heavy atom. The Balaban J connectivity index is 0.743.